The Labute approximate surface area is 63.1 Å². The largest absolute Gasteiger partial charge is 0.498 e. The van der Waals surface area contributed by atoms with Crippen molar-refractivity contribution in [2.45, 2.75) is 33.1 Å². The first-order valence-corrected chi connectivity index (χ1v) is 4.11. The maximum Gasteiger partial charge on any atom is 0.0919 e. The van der Waals surface area contributed by atoms with Gasteiger partial charge in [-0.25, -0.2) is 0 Å². The van der Waals surface area contributed by atoms with Gasteiger partial charge in [0.25, 0.3) is 0 Å². The zero-order chi connectivity index (χ0) is 7.40. The molecule has 1 nitrogen and oxygen atoms in total. The Bertz CT molecular complexity index is 127. The quantitative estimate of drug-likeness (QED) is 0.502. The van der Waals surface area contributed by atoms with Crippen LogP contribution in [-0.4, -0.2) is 6.61 Å². The van der Waals surface area contributed by atoms with Gasteiger partial charge in [-0.05, 0) is 31.8 Å². The van der Waals surface area contributed by atoms with Gasteiger partial charge >= 0.3 is 0 Å². The Morgan fingerprint density at radius 2 is 2.40 bits per heavy atom. The van der Waals surface area contributed by atoms with Gasteiger partial charge in [0.2, 0.25) is 0 Å². The van der Waals surface area contributed by atoms with E-state index < -0.39 is 0 Å². The summed E-state index contributed by atoms with van der Waals surface area (Å²) in [7, 11) is 0. The monoisotopic (exact) mass is 140 g/mol. The predicted octanol–water partition coefficient (Wildman–Crippen LogP) is 2.73. The molecule has 1 aliphatic heterocycles. The first kappa shape index (κ1) is 7.64. The molecule has 1 unspecified atom stereocenters. The molecular formula is C9H16O. The molecule has 1 aliphatic rings. The Hall–Kier alpha value is -0.460. The van der Waals surface area contributed by atoms with Crippen LogP contribution in [-0.2, 0) is 4.74 Å². The molecule has 0 aromatic rings. The van der Waals surface area contributed by atoms with E-state index in [2.05, 4.69) is 13.0 Å². The van der Waals surface area contributed by atoms with Crippen LogP contribution < -0.4 is 0 Å². The highest BCUT2D eigenvalue weighted by Crippen LogP contribution is 2.21. The highest BCUT2D eigenvalue weighted by molar-refractivity contribution is 4.92. The Morgan fingerprint density at radius 1 is 1.60 bits per heavy atom. The second kappa shape index (κ2) is 3.65. The summed E-state index contributed by atoms with van der Waals surface area (Å²) in [6.45, 7) is 5.26. The maximum absolute atomic E-state index is 5.48. The van der Waals surface area contributed by atoms with Crippen molar-refractivity contribution in [2.75, 3.05) is 6.61 Å². The van der Waals surface area contributed by atoms with Crippen molar-refractivity contribution in [3.63, 3.8) is 0 Å². The van der Waals surface area contributed by atoms with Crippen LogP contribution >= 0.6 is 0 Å². The second-order valence-corrected chi connectivity index (χ2v) is 3.05. The second-order valence-electron chi connectivity index (χ2n) is 3.05. The molecule has 10 heavy (non-hydrogen) atoms. The molecule has 1 rings (SSSR count). The van der Waals surface area contributed by atoms with E-state index in [0.29, 0.717) is 0 Å². The third kappa shape index (κ3) is 2.05. The normalized spacial score (nSPS) is 31.4. The van der Waals surface area contributed by atoms with Crippen molar-refractivity contribution in [1.82, 2.24) is 0 Å². The molecule has 0 radical (unpaired) electrons. The van der Waals surface area contributed by atoms with Gasteiger partial charge in [-0.3, -0.25) is 0 Å². The number of ether oxygens (including phenoxy) is 1. The van der Waals surface area contributed by atoms with Gasteiger partial charge in [-0.1, -0.05) is 6.92 Å². The van der Waals surface area contributed by atoms with Crippen LogP contribution in [0.4, 0.5) is 0 Å². The van der Waals surface area contributed by atoms with E-state index in [1.807, 2.05) is 6.92 Å². The number of hydrogen-bond acceptors (Lipinski definition) is 1. The van der Waals surface area contributed by atoms with Crippen LogP contribution in [0.5, 0.6) is 0 Å². The molecule has 0 aromatic carbocycles. The van der Waals surface area contributed by atoms with Crippen LogP contribution in [0.15, 0.2) is 11.8 Å². The zero-order valence-electron chi connectivity index (χ0n) is 6.89. The van der Waals surface area contributed by atoms with Crippen LogP contribution in [0, 0.1) is 5.92 Å². The van der Waals surface area contributed by atoms with E-state index >= 15 is 0 Å². The summed E-state index contributed by atoms with van der Waals surface area (Å²) in [6, 6.07) is 0. The minimum atomic E-state index is 0.814. The smallest absolute Gasteiger partial charge is 0.0919 e. The van der Waals surface area contributed by atoms with Gasteiger partial charge in [0, 0.05) is 6.42 Å². The van der Waals surface area contributed by atoms with Crippen molar-refractivity contribution in [3.05, 3.63) is 11.8 Å². The first-order valence-electron chi connectivity index (χ1n) is 4.11. The van der Waals surface area contributed by atoms with Gasteiger partial charge in [0.1, 0.15) is 0 Å². The number of allylic oxidation sites excluding steroid dienone is 2. The zero-order valence-corrected chi connectivity index (χ0v) is 6.89. The average Bonchev–Trinajstić information content (AvgIpc) is 2.13. The summed E-state index contributed by atoms with van der Waals surface area (Å²) >= 11 is 0. The summed E-state index contributed by atoms with van der Waals surface area (Å²) in [5.74, 6) is 2.00. The van der Waals surface area contributed by atoms with Crippen molar-refractivity contribution in [2.24, 2.45) is 5.92 Å². The van der Waals surface area contributed by atoms with Crippen molar-refractivity contribution < 1.29 is 4.74 Å². The standard InChI is InChI=1S/C9H16O/c1-3-9-7-8(2)5-4-6-10-9/h3,8H,4-7H2,1-2H3/b9-3+. The minimum absolute atomic E-state index is 0.814. The molecule has 1 heteroatoms. The fourth-order valence-corrected chi connectivity index (χ4v) is 1.34. The molecule has 0 N–H and O–H groups in total. The fraction of sp³-hybridized carbons (Fsp3) is 0.778. The molecule has 0 amide bonds. The molecule has 1 saturated heterocycles. The number of hydrogen-bond donors (Lipinski definition) is 0. The number of rotatable bonds is 0. The van der Waals surface area contributed by atoms with E-state index in [1.54, 1.807) is 0 Å². The SMILES string of the molecule is C/C=C1\CC(C)CCCO1. The molecule has 0 bridgehead atoms. The lowest BCUT2D eigenvalue weighted by Crippen LogP contribution is -1.92. The molecule has 1 fully saturated rings. The molecule has 1 atom stereocenters. The van der Waals surface area contributed by atoms with Crippen molar-refractivity contribution in [3.8, 4) is 0 Å². The van der Waals surface area contributed by atoms with Crippen molar-refractivity contribution in [1.29, 1.82) is 0 Å². The minimum Gasteiger partial charge on any atom is -0.498 e. The molecule has 1 heterocycles. The molecule has 0 saturated carbocycles. The van der Waals surface area contributed by atoms with Gasteiger partial charge in [0.15, 0.2) is 0 Å². The van der Waals surface area contributed by atoms with E-state index in [0.717, 1.165) is 18.9 Å². The average molecular weight is 140 g/mol. The van der Waals surface area contributed by atoms with Crippen LogP contribution in [0.3, 0.4) is 0 Å². The summed E-state index contributed by atoms with van der Waals surface area (Å²) in [4.78, 5) is 0. The summed E-state index contributed by atoms with van der Waals surface area (Å²) in [6.07, 6.45) is 5.76. The van der Waals surface area contributed by atoms with E-state index in [-0.39, 0.29) is 0 Å². The highest BCUT2D eigenvalue weighted by atomic mass is 16.5. The summed E-state index contributed by atoms with van der Waals surface area (Å²) < 4.78 is 5.48. The lowest BCUT2D eigenvalue weighted by Gasteiger charge is -2.06. The molecule has 0 aromatic heterocycles. The lowest BCUT2D eigenvalue weighted by molar-refractivity contribution is 0.212. The van der Waals surface area contributed by atoms with Crippen molar-refractivity contribution >= 4 is 0 Å². The third-order valence-corrected chi connectivity index (χ3v) is 2.00. The van der Waals surface area contributed by atoms with Crippen LogP contribution in [0.2, 0.25) is 0 Å². The van der Waals surface area contributed by atoms with Gasteiger partial charge in [-0.15, -0.1) is 0 Å². The van der Waals surface area contributed by atoms with Crippen LogP contribution in [0.25, 0.3) is 0 Å². The van der Waals surface area contributed by atoms with Crippen LogP contribution in [0.1, 0.15) is 33.1 Å². The summed E-state index contributed by atoms with van der Waals surface area (Å²) in [5, 5.41) is 0. The van der Waals surface area contributed by atoms with E-state index in [4.69, 9.17) is 4.74 Å². The first-order chi connectivity index (χ1) is 4.83. The van der Waals surface area contributed by atoms with E-state index in [9.17, 15) is 0 Å². The fourth-order valence-electron chi connectivity index (χ4n) is 1.34. The van der Waals surface area contributed by atoms with E-state index in [1.165, 1.54) is 18.6 Å². The Morgan fingerprint density at radius 3 is 3.10 bits per heavy atom. The highest BCUT2D eigenvalue weighted by Gasteiger charge is 2.10. The van der Waals surface area contributed by atoms with Gasteiger partial charge < -0.3 is 4.74 Å². The lowest BCUT2D eigenvalue weighted by atomic mass is 10.0. The predicted molar refractivity (Wildman–Crippen MR) is 42.7 cm³/mol. The molecule has 0 spiro atoms. The Balaban J connectivity index is 2.46. The maximum atomic E-state index is 5.48. The molecule has 58 valence electrons. The molecule has 0 aliphatic carbocycles. The molecular weight excluding hydrogens is 124 g/mol. The Kier molecular flexibility index (Phi) is 2.79. The summed E-state index contributed by atoms with van der Waals surface area (Å²) in [5.41, 5.74) is 0. The topological polar surface area (TPSA) is 9.23 Å². The third-order valence-electron chi connectivity index (χ3n) is 2.00. The van der Waals surface area contributed by atoms with Gasteiger partial charge in [-0.2, -0.15) is 0 Å². The van der Waals surface area contributed by atoms with Gasteiger partial charge in [0.05, 0.1) is 12.4 Å².